The molecule has 4 atom stereocenters. The molecule has 0 unspecified atom stereocenters. The van der Waals surface area contributed by atoms with Crippen molar-refractivity contribution in [1.29, 1.82) is 0 Å². The maximum Gasteiger partial charge on any atom is 0.310 e. The third-order valence-corrected chi connectivity index (χ3v) is 6.56. The van der Waals surface area contributed by atoms with Gasteiger partial charge in [0.1, 0.15) is 6.10 Å². The fraction of sp³-hybridized carbons (Fsp3) is 0.933. The first-order valence-corrected chi connectivity index (χ1v) is 9.51. The van der Waals surface area contributed by atoms with Crippen LogP contribution >= 0.6 is 0 Å². The van der Waals surface area contributed by atoms with Gasteiger partial charge in [0.25, 0.3) is 0 Å². The van der Waals surface area contributed by atoms with Crippen LogP contribution in [0.3, 0.4) is 0 Å². The van der Waals surface area contributed by atoms with Crippen LogP contribution in [-0.4, -0.2) is 32.0 Å². The van der Waals surface area contributed by atoms with E-state index < -0.39 is 15.8 Å². The molecule has 0 radical (unpaired) electrons. The molecule has 1 aliphatic heterocycles. The molecule has 4 nitrogen and oxygen atoms in total. The molecule has 1 saturated heterocycles. The average molecular weight is 302 g/mol. The first kappa shape index (κ1) is 15.8. The minimum Gasteiger partial charge on any atom is -0.462 e. The van der Waals surface area contributed by atoms with Gasteiger partial charge in [-0.3, -0.25) is 4.79 Å². The van der Waals surface area contributed by atoms with Gasteiger partial charge in [-0.1, -0.05) is 27.2 Å². The van der Waals surface area contributed by atoms with Crippen LogP contribution in [0.2, 0.25) is 0 Å². The van der Waals surface area contributed by atoms with E-state index in [-0.39, 0.29) is 23.6 Å². The number of carbonyl (C=O) groups is 1. The number of carbonyl (C=O) groups excluding carboxylic acids is 1. The zero-order valence-electron chi connectivity index (χ0n) is 12.7. The van der Waals surface area contributed by atoms with E-state index in [9.17, 15) is 13.2 Å². The standard InChI is InChI=1S/C15H26O4S/c1-10(2)13-5-4-11(3)8-14(13)19-15(16)12-6-7-20(17,18)9-12/h10-14H,4-9H2,1-3H3/t11-,12-,13-,14-/m1/s1. The number of ether oxygens (including phenoxy) is 1. The molecule has 0 spiro atoms. The lowest BCUT2D eigenvalue weighted by Gasteiger charge is -2.37. The van der Waals surface area contributed by atoms with Crippen LogP contribution in [0.5, 0.6) is 0 Å². The van der Waals surface area contributed by atoms with E-state index in [2.05, 4.69) is 20.8 Å². The molecule has 5 heteroatoms. The highest BCUT2D eigenvalue weighted by Gasteiger charge is 2.38. The lowest BCUT2D eigenvalue weighted by atomic mass is 9.75. The third kappa shape index (κ3) is 3.74. The minimum atomic E-state index is -3.02. The molecule has 0 aromatic heterocycles. The van der Waals surface area contributed by atoms with Crippen LogP contribution in [0.1, 0.15) is 46.5 Å². The topological polar surface area (TPSA) is 60.4 Å². The molecule has 0 aromatic rings. The second-order valence-electron chi connectivity index (χ2n) is 6.90. The largest absolute Gasteiger partial charge is 0.462 e. The van der Waals surface area contributed by atoms with E-state index in [0.717, 1.165) is 12.8 Å². The van der Waals surface area contributed by atoms with E-state index in [1.807, 2.05) is 0 Å². The SMILES string of the molecule is CC(C)[C@H]1CC[C@@H](C)C[C@H]1OC(=O)[C@@H]1CCS(=O)(=O)C1. The molecule has 0 aromatic carbocycles. The van der Waals surface area contributed by atoms with Gasteiger partial charge in [-0.15, -0.1) is 0 Å². The highest BCUT2D eigenvalue weighted by molar-refractivity contribution is 7.91. The van der Waals surface area contributed by atoms with Gasteiger partial charge >= 0.3 is 5.97 Å². The fourth-order valence-corrected chi connectivity index (χ4v) is 5.20. The molecule has 0 bridgehead atoms. The Balaban J connectivity index is 1.98. The summed E-state index contributed by atoms with van der Waals surface area (Å²) in [6.07, 6.45) is 3.59. The number of hydrogen-bond donors (Lipinski definition) is 0. The molecule has 20 heavy (non-hydrogen) atoms. The van der Waals surface area contributed by atoms with E-state index >= 15 is 0 Å². The van der Waals surface area contributed by atoms with Crippen LogP contribution < -0.4 is 0 Å². The van der Waals surface area contributed by atoms with Crippen molar-refractivity contribution in [3.8, 4) is 0 Å². The van der Waals surface area contributed by atoms with Crippen molar-refractivity contribution in [2.24, 2.45) is 23.7 Å². The van der Waals surface area contributed by atoms with Crippen molar-refractivity contribution >= 4 is 15.8 Å². The Kier molecular flexibility index (Phi) is 4.77. The first-order valence-electron chi connectivity index (χ1n) is 7.69. The molecule has 1 heterocycles. The summed E-state index contributed by atoms with van der Waals surface area (Å²) in [6, 6.07) is 0. The van der Waals surface area contributed by atoms with Gasteiger partial charge < -0.3 is 4.74 Å². The Morgan fingerprint density at radius 2 is 1.90 bits per heavy atom. The zero-order chi connectivity index (χ0) is 14.9. The summed E-state index contributed by atoms with van der Waals surface area (Å²) in [5.74, 6) is 0.846. The Morgan fingerprint density at radius 1 is 1.20 bits per heavy atom. The maximum atomic E-state index is 12.2. The summed E-state index contributed by atoms with van der Waals surface area (Å²) in [7, 11) is -3.02. The van der Waals surface area contributed by atoms with Crippen LogP contribution in [0.4, 0.5) is 0 Å². The Bertz CT molecular complexity index is 454. The van der Waals surface area contributed by atoms with Crippen LogP contribution in [-0.2, 0) is 19.4 Å². The monoisotopic (exact) mass is 302 g/mol. The number of sulfone groups is 1. The lowest BCUT2D eigenvalue weighted by molar-refractivity contribution is -0.160. The lowest BCUT2D eigenvalue weighted by Crippen LogP contribution is -2.37. The molecule has 0 N–H and O–H groups in total. The third-order valence-electron chi connectivity index (χ3n) is 4.79. The van der Waals surface area contributed by atoms with E-state index in [0.29, 0.717) is 24.2 Å². The van der Waals surface area contributed by atoms with E-state index in [4.69, 9.17) is 4.74 Å². The molecule has 2 aliphatic rings. The van der Waals surface area contributed by atoms with Gasteiger partial charge in [-0.05, 0) is 37.0 Å². The van der Waals surface area contributed by atoms with Gasteiger partial charge in [0.15, 0.2) is 9.84 Å². The average Bonchev–Trinajstić information content (AvgIpc) is 2.69. The molecular weight excluding hydrogens is 276 g/mol. The normalized spacial score (nSPS) is 37.0. The van der Waals surface area contributed by atoms with Crippen molar-refractivity contribution in [2.45, 2.75) is 52.6 Å². The Morgan fingerprint density at radius 3 is 2.45 bits per heavy atom. The summed E-state index contributed by atoms with van der Waals surface area (Å²) in [5.41, 5.74) is 0. The summed E-state index contributed by atoms with van der Waals surface area (Å²) >= 11 is 0. The number of hydrogen-bond acceptors (Lipinski definition) is 4. The van der Waals surface area contributed by atoms with Crippen molar-refractivity contribution < 1.29 is 17.9 Å². The Hall–Kier alpha value is -0.580. The smallest absolute Gasteiger partial charge is 0.310 e. The van der Waals surface area contributed by atoms with E-state index in [1.165, 1.54) is 6.42 Å². The summed E-state index contributed by atoms with van der Waals surface area (Å²) in [5, 5.41) is 0. The quantitative estimate of drug-likeness (QED) is 0.751. The Labute approximate surface area is 122 Å². The highest BCUT2D eigenvalue weighted by atomic mass is 32.2. The van der Waals surface area contributed by atoms with Crippen molar-refractivity contribution in [1.82, 2.24) is 0 Å². The summed E-state index contributed by atoms with van der Waals surface area (Å²) in [6.45, 7) is 6.53. The second kappa shape index (κ2) is 6.04. The molecule has 2 rings (SSSR count). The van der Waals surface area contributed by atoms with Gasteiger partial charge in [0.05, 0.1) is 17.4 Å². The van der Waals surface area contributed by atoms with Crippen molar-refractivity contribution in [3.63, 3.8) is 0 Å². The van der Waals surface area contributed by atoms with Crippen LogP contribution in [0.15, 0.2) is 0 Å². The van der Waals surface area contributed by atoms with Gasteiger partial charge in [0.2, 0.25) is 0 Å². The minimum absolute atomic E-state index is 0.0273. The summed E-state index contributed by atoms with van der Waals surface area (Å²) in [4.78, 5) is 12.2. The molecule has 1 aliphatic carbocycles. The number of esters is 1. The zero-order valence-corrected chi connectivity index (χ0v) is 13.5. The van der Waals surface area contributed by atoms with Gasteiger partial charge in [0, 0.05) is 0 Å². The van der Waals surface area contributed by atoms with E-state index in [1.54, 1.807) is 0 Å². The molecule has 0 amide bonds. The second-order valence-corrected chi connectivity index (χ2v) is 9.13. The predicted octanol–water partition coefficient (Wildman–Crippen LogP) is 2.43. The molecular formula is C15H26O4S. The highest BCUT2D eigenvalue weighted by Crippen LogP contribution is 2.36. The predicted molar refractivity (Wildman–Crippen MR) is 78.0 cm³/mol. The molecule has 116 valence electrons. The fourth-order valence-electron chi connectivity index (χ4n) is 3.48. The van der Waals surface area contributed by atoms with Crippen LogP contribution in [0, 0.1) is 23.7 Å². The molecule has 1 saturated carbocycles. The van der Waals surface area contributed by atoms with Gasteiger partial charge in [-0.25, -0.2) is 8.42 Å². The number of rotatable bonds is 3. The first-order chi connectivity index (χ1) is 9.28. The van der Waals surface area contributed by atoms with Crippen molar-refractivity contribution in [2.75, 3.05) is 11.5 Å². The van der Waals surface area contributed by atoms with Crippen LogP contribution in [0.25, 0.3) is 0 Å². The summed E-state index contributed by atoms with van der Waals surface area (Å²) < 4.78 is 28.6. The maximum absolute atomic E-state index is 12.2. The van der Waals surface area contributed by atoms with Gasteiger partial charge in [-0.2, -0.15) is 0 Å². The van der Waals surface area contributed by atoms with Crippen molar-refractivity contribution in [3.05, 3.63) is 0 Å². The molecule has 2 fully saturated rings.